The largest absolute Gasteiger partial charge is 0.384 e. The van der Waals surface area contributed by atoms with Gasteiger partial charge in [0.2, 0.25) is 0 Å². The zero-order valence-electron chi connectivity index (χ0n) is 6.43. The molecule has 1 rings (SSSR count). The third-order valence-corrected chi connectivity index (χ3v) is 1.83. The lowest BCUT2D eigenvalue weighted by molar-refractivity contribution is 0.0677. The molecule has 3 N–H and O–H groups in total. The van der Waals surface area contributed by atoms with E-state index in [2.05, 4.69) is 17.2 Å². The summed E-state index contributed by atoms with van der Waals surface area (Å²) in [4.78, 5) is 0. The minimum atomic E-state index is -0.853. The van der Waals surface area contributed by atoms with Crippen molar-refractivity contribution in [1.82, 2.24) is 5.32 Å². The molecule has 0 aromatic rings. The number of aliphatic hydroxyl groups is 2. The van der Waals surface area contributed by atoms with Gasteiger partial charge in [-0.25, -0.2) is 0 Å². The molecule has 3 heteroatoms. The SMILES string of the molecule is OCC#CC1(O)CCNCC1. The number of hydrogen-bond donors (Lipinski definition) is 3. The van der Waals surface area contributed by atoms with Crippen molar-refractivity contribution in [2.75, 3.05) is 19.7 Å². The third-order valence-electron chi connectivity index (χ3n) is 1.83. The zero-order valence-corrected chi connectivity index (χ0v) is 6.43. The summed E-state index contributed by atoms with van der Waals surface area (Å²) >= 11 is 0. The summed E-state index contributed by atoms with van der Waals surface area (Å²) in [5.74, 6) is 5.15. The number of aliphatic hydroxyl groups excluding tert-OH is 1. The topological polar surface area (TPSA) is 52.5 Å². The van der Waals surface area contributed by atoms with Crippen molar-refractivity contribution in [3.05, 3.63) is 0 Å². The minimum Gasteiger partial charge on any atom is -0.384 e. The molecule has 11 heavy (non-hydrogen) atoms. The Balaban J connectivity index is 2.49. The van der Waals surface area contributed by atoms with Crippen molar-refractivity contribution < 1.29 is 10.2 Å². The molecule has 62 valence electrons. The van der Waals surface area contributed by atoms with Crippen LogP contribution in [0.25, 0.3) is 0 Å². The highest BCUT2D eigenvalue weighted by molar-refractivity contribution is 5.15. The van der Waals surface area contributed by atoms with Crippen molar-refractivity contribution in [3.8, 4) is 11.8 Å². The molecule has 0 aromatic carbocycles. The lowest BCUT2D eigenvalue weighted by atomic mass is 9.93. The molecule has 1 heterocycles. The van der Waals surface area contributed by atoms with Crippen LogP contribution in [0.1, 0.15) is 12.8 Å². The van der Waals surface area contributed by atoms with Crippen molar-refractivity contribution in [3.63, 3.8) is 0 Å². The third kappa shape index (κ3) is 2.51. The molecule has 0 spiro atoms. The summed E-state index contributed by atoms with van der Waals surface area (Å²) in [7, 11) is 0. The Morgan fingerprint density at radius 1 is 1.36 bits per heavy atom. The summed E-state index contributed by atoms with van der Waals surface area (Å²) in [5, 5.41) is 21.2. The highest BCUT2D eigenvalue weighted by atomic mass is 16.3. The second-order valence-electron chi connectivity index (χ2n) is 2.74. The van der Waals surface area contributed by atoms with Crippen LogP contribution in [0.15, 0.2) is 0 Å². The zero-order chi connectivity index (χ0) is 8.16. The van der Waals surface area contributed by atoms with Gasteiger partial charge in [-0.3, -0.25) is 0 Å². The van der Waals surface area contributed by atoms with Crippen LogP contribution in [0.2, 0.25) is 0 Å². The molecule has 0 amide bonds. The Labute approximate surface area is 66.4 Å². The maximum absolute atomic E-state index is 9.68. The molecule has 0 atom stereocenters. The normalized spacial score (nSPS) is 22.0. The van der Waals surface area contributed by atoms with E-state index < -0.39 is 5.60 Å². The number of nitrogens with one attached hydrogen (secondary N) is 1. The second-order valence-corrected chi connectivity index (χ2v) is 2.74. The predicted molar refractivity (Wildman–Crippen MR) is 41.9 cm³/mol. The van der Waals surface area contributed by atoms with E-state index in [-0.39, 0.29) is 6.61 Å². The lowest BCUT2D eigenvalue weighted by Gasteiger charge is -2.27. The van der Waals surface area contributed by atoms with E-state index in [1.54, 1.807) is 0 Å². The summed E-state index contributed by atoms with van der Waals surface area (Å²) in [6, 6.07) is 0. The highest BCUT2D eigenvalue weighted by Gasteiger charge is 2.26. The predicted octanol–water partition coefficient (Wildman–Crippen LogP) is -0.903. The van der Waals surface area contributed by atoms with Crippen LogP contribution in [-0.2, 0) is 0 Å². The quantitative estimate of drug-likeness (QED) is 0.397. The highest BCUT2D eigenvalue weighted by Crippen LogP contribution is 2.15. The van der Waals surface area contributed by atoms with Crippen LogP contribution in [0, 0.1) is 11.8 Å². The van der Waals surface area contributed by atoms with E-state index >= 15 is 0 Å². The fourth-order valence-corrected chi connectivity index (χ4v) is 1.17. The molecule has 1 aliphatic heterocycles. The Kier molecular flexibility index (Phi) is 2.89. The first kappa shape index (κ1) is 8.54. The summed E-state index contributed by atoms with van der Waals surface area (Å²) < 4.78 is 0. The molecule has 0 aliphatic carbocycles. The van der Waals surface area contributed by atoms with Crippen molar-refractivity contribution in [2.45, 2.75) is 18.4 Å². The average molecular weight is 155 g/mol. The van der Waals surface area contributed by atoms with Gasteiger partial charge in [-0.15, -0.1) is 0 Å². The van der Waals surface area contributed by atoms with Gasteiger partial charge in [0.15, 0.2) is 0 Å². The Bertz CT molecular complexity index is 174. The maximum atomic E-state index is 9.68. The van der Waals surface area contributed by atoms with E-state index in [0.717, 1.165) is 13.1 Å². The Morgan fingerprint density at radius 3 is 2.55 bits per heavy atom. The van der Waals surface area contributed by atoms with Gasteiger partial charge in [-0.2, -0.15) is 0 Å². The molecule has 3 nitrogen and oxygen atoms in total. The first-order chi connectivity index (χ1) is 5.27. The van der Waals surface area contributed by atoms with Crippen LogP contribution < -0.4 is 5.32 Å². The number of hydrogen-bond acceptors (Lipinski definition) is 3. The molecule has 1 aliphatic rings. The minimum absolute atomic E-state index is 0.171. The maximum Gasteiger partial charge on any atom is 0.128 e. The van der Waals surface area contributed by atoms with Crippen molar-refractivity contribution in [2.24, 2.45) is 0 Å². The van der Waals surface area contributed by atoms with Gasteiger partial charge in [0.05, 0.1) is 0 Å². The Hall–Kier alpha value is -0.560. The molecular weight excluding hydrogens is 142 g/mol. The number of rotatable bonds is 0. The van der Waals surface area contributed by atoms with Crippen molar-refractivity contribution >= 4 is 0 Å². The van der Waals surface area contributed by atoms with E-state index in [4.69, 9.17) is 5.11 Å². The number of piperidine rings is 1. The molecular formula is C8H13NO2. The van der Waals surface area contributed by atoms with E-state index in [0.29, 0.717) is 12.8 Å². The first-order valence-electron chi connectivity index (χ1n) is 3.81. The van der Waals surface area contributed by atoms with E-state index in [1.165, 1.54) is 0 Å². The van der Waals surface area contributed by atoms with Gasteiger partial charge in [0.1, 0.15) is 12.2 Å². The molecule has 0 saturated carbocycles. The lowest BCUT2D eigenvalue weighted by Crippen LogP contribution is -2.40. The molecule has 1 fully saturated rings. The summed E-state index contributed by atoms with van der Waals surface area (Å²) in [6.07, 6.45) is 1.31. The molecule has 0 radical (unpaired) electrons. The van der Waals surface area contributed by atoms with Crippen LogP contribution in [-0.4, -0.2) is 35.5 Å². The summed E-state index contributed by atoms with van der Waals surface area (Å²) in [5.41, 5.74) is -0.853. The van der Waals surface area contributed by atoms with Gasteiger partial charge in [0.25, 0.3) is 0 Å². The van der Waals surface area contributed by atoms with Gasteiger partial charge >= 0.3 is 0 Å². The first-order valence-corrected chi connectivity index (χ1v) is 3.81. The molecule has 0 bridgehead atoms. The standard InChI is InChI=1S/C8H13NO2/c10-7-1-2-8(11)3-5-9-6-4-8/h9-11H,3-7H2. The fourth-order valence-electron chi connectivity index (χ4n) is 1.17. The van der Waals surface area contributed by atoms with Crippen molar-refractivity contribution in [1.29, 1.82) is 0 Å². The summed E-state index contributed by atoms with van der Waals surface area (Å²) in [6.45, 7) is 1.43. The van der Waals surface area contributed by atoms with Gasteiger partial charge < -0.3 is 15.5 Å². The molecule has 1 saturated heterocycles. The fraction of sp³-hybridized carbons (Fsp3) is 0.750. The molecule has 0 aromatic heterocycles. The van der Waals surface area contributed by atoms with Crippen LogP contribution in [0.3, 0.4) is 0 Å². The van der Waals surface area contributed by atoms with Gasteiger partial charge in [0, 0.05) is 0 Å². The Morgan fingerprint density at radius 2 is 2.00 bits per heavy atom. The van der Waals surface area contributed by atoms with Crippen LogP contribution in [0.5, 0.6) is 0 Å². The smallest absolute Gasteiger partial charge is 0.128 e. The van der Waals surface area contributed by atoms with E-state index in [1.807, 2.05) is 0 Å². The molecule has 0 unspecified atom stereocenters. The van der Waals surface area contributed by atoms with Crippen LogP contribution in [0.4, 0.5) is 0 Å². The second kappa shape index (κ2) is 3.72. The average Bonchev–Trinajstić information content (AvgIpc) is 2.03. The monoisotopic (exact) mass is 155 g/mol. The van der Waals surface area contributed by atoms with Gasteiger partial charge in [-0.05, 0) is 25.9 Å². The van der Waals surface area contributed by atoms with Gasteiger partial charge in [-0.1, -0.05) is 11.8 Å². The van der Waals surface area contributed by atoms with E-state index in [9.17, 15) is 5.11 Å². The van der Waals surface area contributed by atoms with Crippen LogP contribution >= 0.6 is 0 Å².